The second kappa shape index (κ2) is 7.17. The molecule has 3 heteroatoms. The Kier molecular flexibility index (Phi) is 6.19. The van der Waals surface area contributed by atoms with E-state index in [0.29, 0.717) is 5.25 Å². The van der Waals surface area contributed by atoms with Gasteiger partial charge in [0.2, 0.25) is 0 Å². The summed E-state index contributed by atoms with van der Waals surface area (Å²) in [6.07, 6.45) is 0.799. The van der Waals surface area contributed by atoms with E-state index in [1.807, 2.05) is 43.0 Å². The normalized spacial score (nSPS) is 12.1. The van der Waals surface area contributed by atoms with Gasteiger partial charge in [-0.05, 0) is 35.5 Å². The van der Waals surface area contributed by atoms with Crippen molar-refractivity contribution in [3.63, 3.8) is 0 Å². The van der Waals surface area contributed by atoms with Crippen LogP contribution in [0.3, 0.4) is 0 Å². The second-order valence-electron chi connectivity index (χ2n) is 5.08. The molecule has 0 fully saturated rings. The van der Waals surface area contributed by atoms with Crippen LogP contribution in [0, 0.1) is 6.92 Å². The van der Waals surface area contributed by atoms with Gasteiger partial charge in [0.15, 0.2) is 0 Å². The average molecular weight is 268 g/mol. The Morgan fingerprint density at radius 2 is 1.78 bits per heavy atom. The van der Waals surface area contributed by atoms with Gasteiger partial charge < -0.3 is 10.2 Å². The predicted molar refractivity (Wildman–Crippen MR) is 79.2 cm³/mol. The molecule has 0 aliphatic rings. The first-order chi connectivity index (χ1) is 8.55. The van der Waals surface area contributed by atoms with Crippen LogP contribution in [0.2, 0.25) is 0 Å². The zero-order valence-electron chi connectivity index (χ0n) is 11.5. The minimum Gasteiger partial charge on any atom is -0.395 e. The Hall–Kier alpha value is -0.510. The van der Waals surface area contributed by atoms with Gasteiger partial charge in [-0.2, -0.15) is 11.8 Å². The zero-order chi connectivity index (χ0) is 13.6. The van der Waals surface area contributed by atoms with Gasteiger partial charge in [0, 0.05) is 5.41 Å². The lowest BCUT2D eigenvalue weighted by molar-refractivity contribution is 0.113. The lowest BCUT2D eigenvalue weighted by Gasteiger charge is -2.32. The van der Waals surface area contributed by atoms with Gasteiger partial charge in [-0.15, -0.1) is 0 Å². The van der Waals surface area contributed by atoms with Crippen LogP contribution in [0.5, 0.6) is 0 Å². The molecule has 2 nitrogen and oxygen atoms in total. The first kappa shape index (κ1) is 15.5. The van der Waals surface area contributed by atoms with Gasteiger partial charge in [-0.25, -0.2) is 0 Å². The molecule has 0 saturated heterocycles. The SMILES string of the molecule is Cc1ccccc1C(CO)(CO)CCSC(C)C. The Labute approximate surface area is 114 Å². The quantitative estimate of drug-likeness (QED) is 0.799. The molecule has 1 aromatic carbocycles. The van der Waals surface area contributed by atoms with Crippen molar-refractivity contribution >= 4 is 11.8 Å². The molecule has 0 atom stereocenters. The molecule has 0 saturated carbocycles. The molecule has 0 amide bonds. The summed E-state index contributed by atoms with van der Waals surface area (Å²) < 4.78 is 0. The number of aryl methyl sites for hydroxylation is 1. The molecule has 0 spiro atoms. The largest absolute Gasteiger partial charge is 0.395 e. The first-order valence-corrected chi connectivity index (χ1v) is 7.50. The molecule has 0 heterocycles. The summed E-state index contributed by atoms with van der Waals surface area (Å²) >= 11 is 1.87. The van der Waals surface area contributed by atoms with E-state index < -0.39 is 5.41 Å². The fraction of sp³-hybridized carbons (Fsp3) is 0.600. The van der Waals surface area contributed by atoms with Crippen molar-refractivity contribution in [1.29, 1.82) is 0 Å². The lowest BCUT2D eigenvalue weighted by atomic mass is 9.77. The standard InChI is InChI=1S/C15H24O2S/c1-12(2)18-9-8-15(10-16,11-17)14-7-5-4-6-13(14)3/h4-7,12,16-17H,8-11H2,1-3H3. The van der Waals surface area contributed by atoms with Crippen molar-refractivity contribution in [2.24, 2.45) is 0 Å². The molecule has 18 heavy (non-hydrogen) atoms. The van der Waals surface area contributed by atoms with Crippen LogP contribution in [0.15, 0.2) is 24.3 Å². The molecule has 0 aliphatic heterocycles. The summed E-state index contributed by atoms with van der Waals surface area (Å²) in [5, 5.41) is 20.1. The third kappa shape index (κ3) is 3.74. The Morgan fingerprint density at radius 3 is 2.28 bits per heavy atom. The molecular formula is C15H24O2S. The Morgan fingerprint density at radius 1 is 1.17 bits per heavy atom. The van der Waals surface area contributed by atoms with E-state index in [1.54, 1.807) is 0 Å². The topological polar surface area (TPSA) is 40.5 Å². The molecule has 0 unspecified atom stereocenters. The highest BCUT2D eigenvalue weighted by Crippen LogP contribution is 2.31. The molecule has 1 aromatic rings. The summed E-state index contributed by atoms with van der Waals surface area (Å²) in [6, 6.07) is 8.01. The monoisotopic (exact) mass is 268 g/mol. The second-order valence-corrected chi connectivity index (χ2v) is 6.77. The van der Waals surface area contributed by atoms with Crippen LogP contribution < -0.4 is 0 Å². The fourth-order valence-corrected chi connectivity index (χ4v) is 3.15. The van der Waals surface area contributed by atoms with E-state index in [-0.39, 0.29) is 13.2 Å². The van der Waals surface area contributed by atoms with Crippen molar-refractivity contribution in [2.75, 3.05) is 19.0 Å². The van der Waals surface area contributed by atoms with Crippen LogP contribution in [-0.4, -0.2) is 34.4 Å². The van der Waals surface area contributed by atoms with Crippen molar-refractivity contribution in [3.8, 4) is 0 Å². The highest BCUT2D eigenvalue weighted by atomic mass is 32.2. The first-order valence-electron chi connectivity index (χ1n) is 6.45. The number of rotatable bonds is 7. The van der Waals surface area contributed by atoms with Crippen molar-refractivity contribution in [2.45, 2.75) is 37.9 Å². The minimum atomic E-state index is -0.507. The van der Waals surface area contributed by atoms with Crippen molar-refractivity contribution in [3.05, 3.63) is 35.4 Å². The van der Waals surface area contributed by atoms with Crippen LogP contribution in [0.25, 0.3) is 0 Å². The third-order valence-corrected chi connectivity index (χ3v) is 4.46. The van der Waals surface area contributed by atoms with Gasteiger partial charge in [0.05, 0.1) is 13.2 Å². The Balaban J connectivity index is 2.89. The summed E-state index contributed by atoms with van der Waals surface area (Å²) in [7, 11) is 0. The minimum absolute atomic E-state index is 0.00694. The highest BCUT2D eigenvalue weighted by molar-refractivity contribution is 7.99. The van der Waals surface area contributed by atoms with Crippen LogP contribution in [-0.2, 0) is 5.41 Å². The van der Waals surface area contributed by atoms with Crippen LogP contribution in [0.4, 0.5) is 0 Å². The molecule has 1 rings (SSSR count). The van der Waals surface area contributed by atoms with Crippen molar-refractivity contribution in [1.82, 2.24) is 0 Å². The highest BCUT2D eigenvalue weighted by Gasteiger charge is 2.31. The summed E-state index contributed by atoms with van der Waals surface area (Å²) in [5.41, 5.74) is 1.70. The van der Waals surface area contributed by atoms with Crippen LogP contribution in [0.1, 0.15) is 31.4 Å². The zero-order valence-corrected chi connectivity index (χ0v) is 12.3. The summed E-state index contributed by atoms with van der Waals surface area (Å²) in [4.78, 5) is 0. The maximum atomic E-state index is 9.75. The summed E-state index contributed by atoms with van der Waals surface area (Å²) in [6.45, 7) is 6.35. The number of hydrogen-bond donors (Lipinski definition) is 2. The molecule has 2 N–H and O–H groups in total. The maximum absolute atomic E-state index is 9.75. The van der Waals surface area contributed by atoms with Gasteiger partial charge in [0.1, 0.15) is 0 Å². The van der Waals surface area contributed by atoms with E-state index in [9.17, 15) is 10.2 Å². The van der Waals surface area contributed by atoms with Gasteiger partial charge in [0.25, 0.3) is 0 Å². The number of aliphatic hydroxyl groups excluding tert-OH is 2. The molecule has 102 valence electrons. The molecule has 0 aliphatic carbocycles. The van der Waals surface area contributed by atoms with Gasteiger partial charge in [-0.3, -0.25) is 0 Å². The molecular weight excluding hydrogens is 244 g/mol. The van der Waals surface area contributed by atoms with Crippen LogP contribution >= 0.6 is 11.8 Å². The fourth-order valence-electron chi connectivity index (χ4n) is 2.17. The van der Waals surface area contributed by atoms with E-state index in [1.165, 1.54) is 0 Å². The lowest BCUT2D eigenvalue weighted by Crippen LogP contribution is -2.36. The number of aliphatic hydroxyl groups is 2. The van der Waals surface area contributed by atoms with Crippen molar-refractivity contribution < 1.29 is 10.2 Å². The van der Waals surface area contributed by atoms with E-state index >= 15 is 0 Å². The maximum Gasteiger partial charge on any atom is 0.0550 e. The number of thioether (sulfide) groups is 1. The summed E-state index contributed by atoms with van der Waals surface area (Å²) in [5.74, 6) is 0.952. The van der Waals surface area contributed by atoms with Gasteiger partial charge in [-0.1, -0.05) is 38.1 Å². The number of benzene rings is 1. The molecule has 0 aromatic heterocycles. The van der Waals surface area contributed by atoms with E-state index in [4.69, 9.17) is 0 Å². The molecule has 0 radical (unpaired) electrons. The molecule has 0 bridgehead atoms. The van der Waals surface area contributed by atoms with Gasteiger partial charge >= 0.3 is 0 Å². The predicted octanol–water partition coefficient (Wildman–Crippen LogP) is 2.75. The smallest absolute Gasteiger partial charge is 0.0550 e. The van der Waals surface area contributed by atoms with E-state index in [0.717, 1.165) is 23.3 Å². The third-order valence-electron chi connectivity index (χ3n) is 3.35. The van der Waals surface area contributed by atoms with E-state index in [2.05, 4.69) is 13.8 Å². The Bertz CT molecular complexity index is 359. The number of hydrogen-bond acceptors (Lipinski definition) is 3. The average Bonchev–Trinajstić information content (AvgIpc) is 2.36.